The maximum atomic E-state index is 13.5. The first kappa shape index (κ1) is 10.3. The van der Waals surface area contributed by atoms with Crippen molar-refractivity contribution < 1.29 is 4.39 Å². The van der Waals surface area contributed by atoms with Crippen molar-refractivity contribution in [2.24, 2.45) is 0 Å². The number of benzene rings is 1. The predicted molar refractivity (Wildman–Crippen MR) is 61.9 cm³/mol. The van der Waals surface area contributed by atoms with Crippen LogP contribution in [0.1, 0.15) is 30.0 Å². The third-order valence-corrected chi connectivity index (χ3v) is 3.04. The summed E-state index contributed by atoms with van der Waals surface area (Å²) in [5.74, 6) is 0.712. The molecule has 0 radical (unpaired) electrons. The summed E-state index contributed by atoms with van der Waals surface area (Å²) in [4.78, 5) is 0. The number of nitrogens with two attached hydrogens (primary N) is 1. The van der Waals surface area contributed by atoms with Gasteiger partial charge >= 0.3 is 0 Å². The first-order valence-electron chi connectivity index (χ1n) is 5.68. The van der Waals surface area contributed by atoms with E-state index in [0.29, 0.717) is 23.8 Å². The van der Waals surface area contributed by atoms with Crippen LogP contribution in [0.3, 0.4) is 0 Å². The molecule has 3 rings (SSSR count). The molecule has 1 aliphatic carbocycles. The van der Waals surface area contributed by atoms with Gasteiger partial charge in [-0.05, 0) is 18.9 Å². The van der Waals surface area contributed by atoms with Gasteiger partial charge in [-0.1, -0.05) is 23.4 Å². The number of aromatic nitrogens is 3. The van der Waals surface area contributed by atoms with Gasteiger partial charge in [-0.15, -0.1) is 5.10 Å². The standard InChI is InChI=1S/C12H13FN4/c13-10-4-2-1-3-9(10)7-17-11(8-5-6-8)12(14)15-16-17/h1-4,8H,5-7,14H2. The average molecular weight is 232 g/mol. The maximum absolute atomic E-state index is 13.5. The summed E-state index contributed by atoms with van der Waals surface area (Å²) in [6.45, 7) is 0.392. The van der Waals surface area contributed by atoms with E-state index in [1.165, 1.54) is 6.07 Å². The van der Waals surface area contributed by atoms with Crippen molar-refractivity contribution in [3.63, 3.8) is 0 Å². The Hall–Kier alpha value is -1.91. The number of nitrogen functional groups attached to an aromatic ring is 1. The van der Waals surface area contributed by atoms with Crippen LogP contribution in [0.15, 0.2) is 24.3 Å². The molecular weight excluding hydrogens is 219 g/mol. The molecule has 0 saturated heterocycles. The van der Waals surface area contributed by atoms with E-state index >= 15 is 0 Å². The summed E-state index contributed by atoms with van der Waals surface area (Å²) in [5.41, 5.74) is 7.35. The van der Waals surface area contributed by atoms with E-state index in [-0.39, 0.29) is 5.82 Å². The Kier molecular flexibility index (Phi) is 2.31. The topological polar surface area (TPSA) is 56.7 Å². The molecule has 0 aliphatic heterocycles. The van der Waals surface area contributed by atoms with Gasteiger partial charge in [0.05, 0.1) is 12.2 Å². The Morgan fingerprint density at radius 1 is 1.35 bits per heavy atom. The second kappa shape index (κ2) is 3.84. The molecule has 17 heavy (non-hydrogen) atoms. The van der Waals surface area contributed by atoms with Crippen molar-refractivity contribution in [2.45, 2.75) is 25.3 Å². The van der Waals surface area contributed by atoms with Crippen LogP contribution >= 0.6 is 0 Å². The van der Waals surface area contributed by atoms with Crippen LogP contribution < -0.4 is 5.73 Å². The summed E-state index contributed by atoms with van der Waals surface area (Å²) < 4.78 is 15.3. The van der Waals surface area contributed by atoms with Gasteiger partial charge in [0.25, 0.3) is 0 Å². The number of hydrogen-bond donors (Lipinski definition) is 1. The molecule has 1 fully saturated rings. The van der Waals surface area contributed by atoms with Crippen LogP contribution in [0.25, 0.3) is 0 Å². The molecule has 1 aromatic heterocycles. The molecule has 0 spiro atoms. The van der Waals surface area contributed by atoms with Gasteiger partial charge in [0.2, 0.25) is 0 Å². The monoisotopic (exact) mass is 232 g/mol. The zero-order valence-corrected chi connectivity index (χ0v) is 9.31. The van der Waals surface area contributed by atoms with Crippen LogP contribution in [-0.2, 0) is 6.54 Å². The lowest BCUT2D eigenvalue weighted by molar-refractivity contribution is 0.566. The van der Waals surface area contributed by atoms with E-state index in [9.17, 15) is 4.39 Å². The van der Waals surface area contributed by atoms with E-state index < -0.39 is 0 Å². The molecule has 1 heterocycles. The first-order valence-corrected chi connectivity index (χ1v) is 5.68. The van der Waals surface area contributed by atoms with E-state index in [0.717, 1.165) is 18.5 Å². The molecule has 0 amide bonds. The van der Waals surface area contributed by atoms with Crippen LogP contribution in [0, 0.1) is 5.82 Å². The van der Waals surface area contributed by atoms with Gasteiger partial charge < -0.3 is 5.73 Å². The number of halogens is 1. The highest BCUT2D eigenvalue weighted by Gasteiger charge is 2.30. The van der Waals surface area contributed by atoms with Crippen LogP contribution in [-0.4, -0.2) is 15.0 Å². The van der Waals surface area contributed by atoms with Crippen molar-refractivity contribution in [1.29, 1.82) is 0 Å². The first-order chi connectivity index (χ1) is 8.25. The molecule has 1 saturated carbocycles. The van der Waals surface area contributed by atoms with Crippen molar-refractivity contribution in [1.82, 2.24) is 15.0 Å². The third kappa shape index (κ3) is 1.88. The highest BCUT2D eigenvalue weighted by molar-refractivity contribution is 5.38. The fourth-order valence-electron chi connectivity index (χ4n) is 2.02. The van der Waals surface area contributed by atoms with Crippen molar-refractivity contribution in [3.05, 3.63) is 41.3 Å². The van der Waals surface area contributed by atoms with E-state index in [4.69, 9.17) is 5.73 Å². The van der Waals surface area contributed by atoms with Crippen LogP contribution in [0.5, 0.6) is 0 Å². The number of anilines is 1. The lowest BCUT2D eigenvalue weighted by Gasteiger charge is -2.06. The fourth-order valence-corrected chi connectivity index (χ4v) is 2.02. The molecule has 0 unspecified atom stereocenters. The molecule has 1 aromatic carbocycles. The van der Waals surface area contributed by atoms with Crippen LogP contribution in [0.4, 0.5) is 10.2 Å². The Morgan fingerprint density at radius 3 is 2.82 bits per heavy atom. The summed E-state index contributed by atoms with van der Waals surface area (Å²) in [7, 11) is 0. The Bertz CT molecular complexity index is 545. The molecule has 0 atom stereocenters. The largest absolute Gasteiger partial charge is 0.381 e. The minimum absolute atomic E-state index is 0.219. The SMILES string of the molecule is Nc1nnn(Cc2ccccc2F)c1C1CC1. The normalized spacial score (nSPS) is 15.1. The highest BCUT2D eigenvalue weighted by Crippen LogP contribution is 2.42. The lowest BCUT2D eigenvalue weighted by Crippen LogP contribution is -2.08. The van der Waals surface area contributed by atoms with Gasteiger partial charge in [-0.25, -0.2) is 9.07 Å². The smallest absolute Gasteiger partial charge is 0.169 e. The summed E-state index contributed by atoms with van der Waals surface area (Å²) in [6.07, 6.45) is 2.24. The van der Waals surface area contributed by atoms with Gasteiger partial charge in [-0.2, -0.15) is 0 Å². The molecule has 5 heteroatoms. The van der Waals surface area contributed by atoms with Gasteiger partial charge in [-0.3, -0.25) is 0 Å². The number of nitrogens with zero attached hydrogens (tertiary/aromatic N) is 3. The lowest BCUT2D eigenvalue weighted by atomic mass is 10.2. The van der Waals surface area contributed by atoms with Gasteiger partial charge in [0, 0.05) is 11.5 Å². The van der Waals surface area contributed by atoms with Gasteiger partial charge in [0.15, 0.2) is 5.82 Å². The van der Waals surface area contributed by atoms with Gasteiger partial charge in [0.1, 0.15) is 5.82 Å². The van der Waals surface area contributed by atoms with E-state index in [1.54, 1.807) is 16.8 Å². The fraction of sp³-hybridized carbons (Fsp3) is 0.333. The molecule has 2 N–H and O–H groups in total. The Balaban J connectivity index is 1.93. The minimum atomic E-state index is -0.219. The zero-order valence-electron chi connectivity index (χ0n) is 9.31. The van der Waals surface area contributed by atoms with E-state index in [1.807, 2.05) is 6.07 Å². The summed E-state index contributed by atoms with van der Waals surface area (Å²) in [5, 5.41) is 7.86. The van der Waals surface area contributed by atoms with E-state index in [2.05, 4.69) is 10.3 Å². The quantitative estimate of drug-likeness (QED) is 0.879. The highest BCUT2D eigenvalue weighted by atomic mass is 19.1. The van der Waals surface area contributed by atoms with Crippen molar-refractivity contribution in [2.75, 3.05) is 5.73 Å². The molecule has 0 bridgehead atoms. The maximum Gasteiger partial charge on any atom is 0.169 e. The third-order valence-electron chi connectivity index (χ3n) is 3.04. The predicted octanol–water partition coefficient (Wildman–Crippen LogP) is 1.93. The zero-order chi connectivity index (χ0) is 11.8. The van der Waals surface area contributed by atoms with Crippen molar-refractivity contribution >= 4 is 5.82 Å². The summed E-state index contributed by atoms with van der Waals surface area (Å²) in [6, 6.07) is 6.70. The minimum Gasteiger partial charge on any atom is -0.381 e. The molecule has 88 valence electrons. The molecule has 4 nitrogen and oxygen atoms in total. The Morgan fingerprint density at radius 2 is 2.12 bits per heavy atom. The summed E-state index contributed by atoms with van der Waals surface area (Å²) >= 11 is 0. The molecule has 2 aromatic rings. The van der Waals surface area contributed by atoms with Crippen molar-refractivity contribution in [3.8, 4) is 0 Å². The molecular formula is C12H13FN4. The van der Waals surface area contributed by atoms with Crippen LogP contribution in [0.2, 0.25) is 0 Å². The number of rotatable bonds is 3. The number of hydrogen-bond acceptors (Lipinski definition) is 3. The molecule has 1 aliphatic rings. The second-order valence-corrected chi connectivity index (χ2v) is 4.38. The average Bonchev–Trinajstić information content (AvgIpc) is 3.08. The second-order valence-electron chi connectivity index (χ2n) is 4.38. The Labute approximate surface area is 98.2 Å².